The Hall–Kier alpha value is -0.930. The van der Waals surface area contributed by atoms with Crippen LogP contribution >= 0.6 is 0 Å². The van der Waals surface area contributed by atoms with Gasteiger partial charge in [0.2, 0.25) is 0 Å². The summed E-state index contributed by atoms with van der Waals surface area (Å²) in [6.45, 7) is 7.10. The Morgan fingerprint density at radius 1 is 1.38 bits per heavy atom. The Bertz CT molecular complexity index is 302. The summed E-state index contributed by atoms with van der Waals surface area (Å²) < 4.78 is 12.9. The molecule has 0 saturated heterocycles. The smallest absolute Gasteiger partial charge is 0.123 e. The fraction of sp³-hybridized carbons (Fsp3) is 0.538. The molecule has 0 amide bonds. The van der Waals surface area contributed by atoms with Gasteiger partial charge in [-0.1, -0.05) is 19.1 Å². The number of halogens is 1. The Kier molecular flexibility index (Phi) is 6.04. The molecule has 16 heavy (non-hydrogen) atoms. The van der Waals surface area contributed by atoms with E-state index in [0.717, 1.165) is 31.6 Å². The first-order valence-electron chi connectivity index (χ1n) is 5.91. The number of benzene rings is 1. The lowest BCUT2D eigenvalue weighted by Gasteiger charge is -2.13. The van der Waals surface area contributed by atoms with E-state index in [1.807, 2.05) is 6.07 Å². The van der Waals surface area contributed by atoms with Gasteiger partial charge in [0.1, 0.15) is 5.82 Å². The second-order valence-electron chi connectivity index (χ2n) is 4.04. The Morgan fingerprint density at radius 3 is 2.88 bits per heavy atom. The number of rotatable bonds is 7. The molecule has 1 aromatic carbocycles. The molecule has 1 unspecified atom stereocenters. The third kappa shape index (κ3) is 5.24. The minimum Gasteiger partial charge on any atom is -0.315 e. The molecule has 0 bridgehead atoms. The third-order valence-corrected chi connectivity index (χ3v) is 2.50. The Balaban J connectivity index is 2.20. The summed E-state index contributed by atoms with van der Waals surface area (Å²) in [6, 6.07) is 7.24. The monoisotopic (exact) mass is 224 g/mol. The summed E-state index contributed by atoms with van der Waals surface area (Å²) in [4.78, 5) is 0. The molecule has 0 radical (unpaired) electrons. The fourth-order valence-corrected chi connectivity index (χ4v) is 1.59. The molecule has 0 aliphatic carbocycles. The van der Waals surface area contributed by atoms with Gasteiger partial charge in [-0.25, -0.2) is 4.39 Å². The van der Waals surface area contributed by atoms with Crippen LogP contribution < -0.4 is 10.6 Å². The SMILES string of the molecule is CCNCC(C)NCCc1cccc(F)c1. The quantitative estimate of drug-likeness (QED) is 0.740. The van der Waals surface area contributed by atoms with Crippen molar-refractivity contribution in [1.82, 2.24) is 10.6 Å². The molecule has 0 heterocycles. The average molecular weight is 224 g/mol. The van der Waals surface area contributed by atoms with Gasteiger partial charge in [0.05, 0.1) is 0 Å². The highest BCUT2D eigenvalue weighted by molar-refractivity contribution is 5.16. The van der Waals surface area contributed by atoms with E-state index in [4.69, 9.17) is 0 Å². The van der Waals surface area contributed by atoms with Crippen LogP contribution in [0.25, 0.3) is 0 Å². The topological polar surface area (TPSA) is 24.1 Å². The summed E-state index contributed by atoms with van der Waals surface area (Å²) in [6.07, 6.45) is 0.869. The Morgan fingerprint density at radius 2 is 2.19 bits per heavy atom. The van der Waals surface area contributed by atoms with Crippen molar-refractivity contribution in [2.75, 3.05) is 19.6 Å². The Labute approximate surface area is 97.3 Å². The van der Waals surface area contributed by atoms with E-state index >= 15 is 0 Å². The number of nitrogens with one attached hydrogen (secondary N) is 2. The van der Waals surface area contributed by atoms with Gasteiger partial charge in [-0.05, 0) is 44.1 Å². The van der Waals surface area contributed by atoms with Crippen LogP contribution in [0.1, 0.15) is 19.4 Å². The maximum Gasteiger partial charge on any atom is 0.123 e. The van der Waals surface area contributed by atoms with Crippen LogP contribution in [0.3, 0.4) is 0 Å². The largest absolute Gasteiger partial charge is 0.315 e. The molecule has 1 rings (SSSR count). The molecule has 0 spiro atoms. The third-order valence-electron chi connectivity index (χ3n) is 2.50. The minimum atomic E-state index is -0.154. The van der Waals surface area contributed by atoms with E-state index in [1.54, 1.807) is 12.1 Å². The lowest BCUT2D eigenvalue weighted by atomic mass is 10.1. The van der Waals surface area contributed by atoms with Crippen LogP contribution in [0.2, 0.25) is 0 Å². The van der Waals surface area contributed by atoms with Crippen molar-refractivity contribution < 1.29 is 4.39 Å². The van der Waals surface area contributed by atoms with E-state index < -0.39 is 0 Å². The molecular formula is C13H21FN2. The molecule has 0 fully saturated rings. The highest BCUT2D eigenvalue weighted by atomic mass is 19.1. The zero-order chi connectivity index (χ0) is 11.8. The lowest BCUT2D eigenvalue weighted by Crippen LogP contribution is -2.37. The van der Waals surface area contributed by atoms with Crippen LogP contribution in [-0.2, 0) is 6.42 Å². The lowest BCUT2D eigenvalue weighted by molar-refractivity contribution is 0.511. The van der Waals surface area contributed by atoms with E-state index in [0.29, 0.717) is 6.04 Å². The molecule has 90 valence electrons. The molecule has 2 N–H and O–H groups in total. The first kappa shape index (κ1) is 13.1. The molecule has 1 atom stereocenters. The van der Waals surface area contributed by atoms with Crippen LogP contribution in [0.4, 0.5) is 4.39 Å². The predicted molar refractivity (Wildman–Crippen MR) is 66.1 cm³/mol. The summed E-state index contributed by atoms with van der Waals surface area (Å²) in [5.74, 6) is -0.154. The van der Waals surface area contributed by atoms with Gasteiger partial charge < -0.3 is 10.6 Å². The van der Waals surface area contributed by atoms with E-state index in [1.165, 1.54) is 6.07 Å². The van der Waals surface area contributed by atoms with Crippen LogP contribution in [0, 0.1) is 5.82 Å². The molecule has 2 nitrogen and oxygen atoms in total. The van der Waals surface area contributed by atoms with Gasteiger partial charge in [0, 0.05) is 12.6 Å². The number of hydrogen-bond acceptors (Lipinski definition) is 2. The van der Waals surface area contributed by atoms with Crippen molar-refractivity contribution in [1.29, 1.82) is 0 Å². The maximum atomic E-state index is 12.9. The summed E-state index contributed by atoms with van der Waals surface area (Å²) >= 11 is 0. The van der Waals surface area contributed by atoms with Gasteiger partial charge >= 0.3 is 0 Å². The summed E-state index contributed by atoms with van der Waals surface area (Å²) in [7, 11) is 0. The normalized spacial score (nSPS) is 12.7. The summed E-state index contributed by atoms with van der Waals surface area (Å²) in [5, 5.41) is 6.68. The molecule has 0 aliphatic heterocycles. The van der Waals surface area contributed by atoms with Crippen molar-refractivity contribution in [3.63, 3.8) is 0 Å². The first-order valence-corrected chi connectivity index (χ1v) is 5.91. The van der Waals surface area contributed by atoms with Crippen molar-refractivity contribution >= 4 is 0 Å². The molecule has 0 aromatic heterocycles. The predicted octanol–water partition coefficient (Wildman–Crippen LogP) is 1.96. The van der Waals surface area contributed by atoms with Crippen molar-refractivity contribution in [2.24, 2.45) is 0 Å². The van der Waals surface area contributed by atoms with Gasteiger partial charge in [-0.15, -0.1) is 0 Å². The average Bonchev–Trinajstić information content (AvgIpc) is 2.26. The number of likely N-dealkylation sites (N-methyl/N-ethyl adjacent to an activating group) is 1. The molecule has 3 heteroatoms. The van der Waals surface area contributed by atoms with Crippen LogP contribution in [-0.4, -0.2) is 25.7 Å². The van der Waals surface area contributed by atoms with Crippen LogP contribution in [0.5, 0.6) is 0 Å². The highest BCUT2D eigenvalue weighted by Gasteiger charge is 2.00. The maximum absolute atomic E-state index is 12.9. The van der Waals surface area contributed by atoms with Gasteiger partial charge in [-0.2, -0.15) is 0 Å². The zero-order valence-electron chi connectivity index (χ0n) is 10.1. The van der Waals surface area contributed by atoms with Crippen LogP contribution in [0.15, 0.2) is 24.3 Å². The molecule has 0 aliphatic rings. The highest BCUT2D eigenvalue weighted by Crippen LogP contribution is 2.03. The molecular weight excluding hydrogens is 203 g/mol. The molecule has 0 saturated carbocycles. The van der Waals surface area contributed by atoms with Crippen molar-refractivity contribution in [3.05, 3.63) is 35.6 Å². The van der Waals surface area contributed by atoms with E-state index in [2.05, 4.69) is 24.5 Å². The second kappa shape index (κ2) is 7.36. The molecule has 1 aromatic rings. The zero-order valence-corrected chi connectivity index (χ0v) is 10.1. The summed E-state index contributed by atoms with van der Waals surface area (Å²) in [5.41, 5.74) is 1.04. The number of hydrogen-bond donors (Lipinski definition) is 2. The second-order valence-corrected chi connectivity index (χ2v) is 4.04. The van der Waals surface area contributed by atoms with Crippen molar-refractivity contribution in [3.8, 4) is 0 Å². The van der Waals surface area contributed by atoms with Gasteiger partial charge in [-0.3, -0.25) is 0 Å². The van der Waals surface area contributed by atoms with Gasteiger partial charge in [0.15, 0.2) is 0 Å². The van der Waals surface area contributed by atoms with E-state index in [-0.39, 0.29) is 5.82 Å². The van der Waals surface area contributed by atoms with Crippen molar-refractivity contribution in [2.45, 2.75) is 26.3 Å². The first-order chi connectivity index (χ1) is 7.72. The van der Waals surface area contributed by atoms with E-state index in [9.17, 15) is 4.39 Å². The van der Waals surface area contributed by atoms with Gasteiger partial charge in [0.25, 0.3) is 0 Å². The fourth-order valence-electron chi connectivity index (χ4n) is 1.59. The standard InChI is InChI=1S/C13H21FN2/c1-3-15-10-11(2)16-8-7-12-5-4-6-13(14)9-12/h4-6,9,11,15-16H,3,7-8,10H2,1-2H3. The minimum absolute atomic E-state index is 0.154.